The van der Waals surface area contributed by atoms with Crippen LogP contribution in [0.25, 0.3) is 0 Å². The van der Waals surface area contributed by atoms with Crippen LogP contribution in [0.15, 0.2) is 30.3 Å². The van der Waals surface area contributed by atoms with E-state index in [2.05, 4.69) is 24.3 Å². The van der Waals surface area contributed by atoms with Gasteiger partial charge in [-0.1, -0.05) is 30.3 Å². The first-order chi connectivity index (χ1) is 13.9. The molecule has 1 aromatic rings. The summed E-state index contributed by atoms with van der Waals surface area (Å²) in [5.74, 6) is 1.27. The average molecular weight is 453 g/mol. The topological polar surface area (TPSA) is 52.6 Å². The maximum absolute atomic E-state index is 13.1. The largest absolute Gasteiger partial charge is 0.460 e. The van der Waals surface area contributed by atoms with E-state index in [1.165, 1.54) is 12.0 Å². The van der Waals surface area contributed by atoms with Gasteiger partial charge in [0.25, 0.3) is 0 Å². The second-order valence-electron chi connectivity index (χ2n) is 9.73. The Bertz CT molecular complexity index is 698. The molecule has 1 saturated heterocycles. The lowest BCUT2D eigenvalue weighted by molar-refractivity contribution is -0.161. The van der Waals surface area contributed by atoms with Crippen molar-refractivity contribution >= 4 is 35.5 Å². The van der Waals surface area contributed by atoms with Crippen molar-refractivity contribution in [3.05, 3.63) is 35.9 Å². The SMILES string of the molecule is CC(C)(C)OC(=O)CCC(CC1(c2ccccc2)SCCCS1)C(=O)OC(C)(C)C. The second-order valence-corrected chi connectivity index (χ2v) is 12.8. The van der Waals surface area contributed by atoms with Gasteiger partial charge >= 0.3 is 11.9 Å². The van der Waals surface area contributed by atoms with Crippen molar-refractivity contribution < 1.29 is 19.1 Å². The molecule has 30 heavy (non-hydrogen) atoms. The van der Waals surface area contributed by atoms with E-state index in [0.717, 1.165) is 11.5 Å². The third-order valence-corrected chi connectivity index (χ3v) is 7.97. The van der Waals surface area contributed by atoms with Crippen LogP contribution < -0.4 is 0 Å². The van der Waals surface area contributed by atoms with E-state index in [9.17, 15) is 9.59 Å². The van der Waals surface area contributed by atoms with E-state index in [-0.39, 0.29) is 28.4 Å². The fourth-order valence-electron chi connectivity index (χ4n) is 3.37. The molecule has 1 heterocycles. The summed E-state index contributed by atoms with van der Waals surface area (Å²) in [5.41, 5.74) is 0.137. The Morgan fingerprint density at radius 1 is 0.967 bits per heavy atom. The predicted octanol–water partition coefficient (Wildman–Crippen LogP) is 6.18. The number of benzene rings is 1. The number of rotatable bonds is 7. The van der Waals surface area contributed by atoms with E-state index < -0.39 is 11.2 Å². The van der Waals surface area contributed by atoms with Crippen LogP contribution in [0.5, 0.6) is 0 Å². The molecule has 1 fully saturated rings. The van der Waals surface area contributed by atoms with Gasteiger partial charge in [-0.05, 0) is 77.9 Å². The van der Waals surface area contributed by atoms with E-state index in [4.69, 9.17) is 9.47 Å². The summed E-state index contributed by atoms with van der Waals surface area (Å²) in [5, 5.41) is 0. The van der Waals surface area contributed by atoms with Crippen LogP contribution in [0.1, 0.15) is 72.8 Å². The minimum absolute atomic E-state index is 0.199. The number of ether oxygens (including phenoxy) is 2. The molecule has 0 amide bonds. The summed E-state index contributed by atoms with van der Waals surface area (Å²) >= 11 is 3.82. The maximum atomic E-state index is 13.1. The lowest BCUT2D eigenvalue weighted by Gasteiger charge is -2.39. The molecule has 168 valence electrons. The van der Waals surface area contributed by atoms with Crippen LogP contribution in [0.3, 0.4) is 0 Å². The molecule has 0 aromatic heterocycles. The molecule has 0 spiro atoms. The molecule has 0 N–H and O–H groups in total. The van der Waals surface area contributed by atoms with Gasteiger partial charge in [-0.15, -0.1) is 23.5 Å². The lowest BCUT2D eigenvalue weighted by atomic mass is 9.93. The fraction of sp³-hybridized carbons (Fsp3) is 0.667. The first-order valence-corrected chi connectivity index (χ1v) is 12.7. The average Bonchev–Trinajstić information content (AvgIpc) is 2.64. The third kappa shape index (κ3) is 8.18. The predicted molar refractivity (Wildman–Crippen MR) is 127 cm³/mol. The van der Waals surface area contributed by atoms with Crippen LogP contribution in [0.2, 0.25) is 0 Å². The highest BCUT2D eigenvalue weighted by molar-refractivity contribution is 8.18. The molecule has 1 atom stereocenters. The van der Waals surface area contributed by atoms with Crippen molar-refractivity contribution in [3.8, 4) is 0 Å². The van der Waals surface area contributed by atoms with Gasteiger partial charge in [-0.25, -0.2) is 0 Å². The number of carbonyl (C=O) groups excluding carboxylic acids is 2. The molecule has 1 aliphatic rings. The van der Waals surface area contributed by atoms with Gasteiger partial charge in [0.1, 0.15) is 11.2 Å². The van der Waals surface area contributed by atoms with Gasteiger partial charge < -0.3 is 9.47 Å². The molecule has 0 aliphatic carbocycles. The summed E-state index contributed by atoms with van der Waals surface area (Å²) in [6, 6.07) is 10.4. The van der Waals surface area contributed by atoms with E-state index in [1.807, 2.05) is 71.1 Å². The molecule has 0 radical (unpaired) electrons. The number of carbonyl (C=O) groups is 2. The normalized spacial score (nSPS) is 17.8. The van der Waals surface area contributed by atoms with E-state index in [1.54, 1.807) is 0 Å². The number of thioether (sulfide) groups is 2. The lowest BCUT2D eigenvalue weighted by Crippen LogP contribution is -2.34. The Kier molecular flexibility index (Phi) is 8.75. The van der Waals surface area contributed by atoms with Gasteiger partial charge in [0.15, 0.2) is 0 Å². The van der Waals surface area contributed by atoms with Gasteiger partial charge in [0, 0.05) is 6.42 Å². The number of hydrogen-bond acceptors (Lipinski definition) is 6. The highest BCUT2D eigenvalue weighted by Crippen LogP contribution is 2.54. The molecule has 0 saturated carbocycles. The smallest absolute Gasteiger partial charge is 0.309 e. The molecular formula is C24H36O4S2. The molecule has 2 rings (SSSR count). The zero-order chi connectivity index (χ0) is 22.4. The highest BCUT2D eigenvalue weighted by Gasteiger charge is 2.41. The summed E-state index contributed by atoms with van der Waals surface area (Å²) in [6.45, 7) is 11.2. The van der Waals surface area contributed by atoms with Gasteiger partial charge in [0.05, 0.1) is 10.00 Å². The molecule has 1 unspecified atom stereocenters. The van der Waals surface area contributed by atoms with Gasteiger partial charge in [-0.3, -0.25) is 9.59 Å². The maximum Gasteiger partial charge on any atom is 0.309 e. The van der Waals surface area contributed by atoms with Crippen molar-refractivity contribution in [2.45, 2.75) is 82.5 Å². The number of esters is 2. The van der Waals surface area contributed by atoms with Gasteiger partial charge in [-0.2, -0.15) is 0 Å². The van der Waals surface area contributed by atoms with Crippen molar-refractivity contribution in [2.24, 2.45) is 5.92 Å². The van der Waals surface area contributed by atoms with Crippen LogP contribution in [-0.4, -0.2) is 34.6 Å². The third-order valence-electron chi connectivity index (χ3n) is 4.54. The van der Waals surface area contributed by atoms with Crippen LogP contribution in [-0.2, 0) is 23.1 Å². The molecular weight excluding hydrogens is 416 g/mol. The Morgan fingerprint density at radius 2 is 1.53 bits per heavy atom. The Labute approximate surface area is 190 Å². The minimum atomic E-state index is -0.561. The zero-order valence-electron chi connectivity index (χ0n) is 19.2. The van der Waals surface area contributed by atoms with E-state index >= 15 is 0 Å². The Morgan fingerprint density at radius 3 is 2.07 bits per heavy atom. The van der Waals surface area contributed by atoms with Crippen LogP contribution >= 0.6 is 23.5 Å². The van der Waals surface area contributed by atoms with Crippen molar-refractivity contribution in [1.82, 2.24) is 0 Å². The van der Waals surface area contributed by atoms with Crippen molar-refractivity contribution in [3.63, 3.8) is 0 Å². The van der Waals surface area contributed by atoms with Crippen LogP contribution in [0, 0.1) is 5.92 Å². The summed E-state index contributed by atoms with van der Waals surface area (Å²) in [7, 11) is 0. The zero-order valence-corrected chi connectivity index (χ0v) is 20.8. The first kappa shape index (κ1) is 25.1. The molecule has 4 nitrogen and oxygen atoms in total. The van der Waals surface area contributed by atoms with Crippen molar-refractivity contribution in [1.29, 1.82) is 0 Å². The summed E-state index contributed by atoms with van der Waals surface area (Å²) in [4.78, 5) is 25.4. The fourth-order valence-corrected chi connectivity index (χ4v) is 6.86. The van der Waals surface area contributed by atoms with Crippen LogP contribution in [0.4, 0.5) is 0 Å². The highest BCUT2D eigenvalue weighted by atomic mass is 32.2. The van der Waals surface area contributed by atoms with E-state index in [0.29, 0.717) is 12.8 Å². The summed E-state index contributed by atoms with van der Waals surface area (Å²) in [6.07, 6.45) is 2.45. The first-order valence-electron chi connectivity index (χ1n) is 10.7. The number of hydrogen-bond donors (Lipinski definition) is 0. The Hall–Kier alpha value is -1.14. The molecule has 0 bridgehead atoms. The van der Waals surface area contributed by atoms with Gasteiger partial charge in [0.2, 0.25) is 0 Å². The molecule has 1 aliphatic heterocycles. The second kappa shape index (κ2) is 10.4. The standard InChI is InChI=1S/C24H36O4S2/c1-22(2,3)27-20(25)14-13-18(21(26)28-23(4,5)6)17-24(29-15-10-16-30-24)19-11-8-7-9-12-19/h7-9,11-12,18H,10,13-17H2,1-6H3. The summed E-state index contributed by atoms with van der Waals surface area (Å²) < 4.78 is 11.0. The quantitative estimate of drug-likeness (QED) is 0.461. The monoisotopic (exact) mass is 452 g/mol. The van der Waals surface area contributed by atoms with Crippen molar-refractivity contribution in [2.75, 3.05) is 11.5 Å². The molecule has 1 aromatic carbocycles. The minimum Gasteiger partial charge on any atom is -0.460 e. The molecule has 6 heteroatoms. The Balaban J connectivity index is 2.23.